The Morgan fingerprint density at radius 2 is 1.34 bits per heavy atom. The molecule has 0 aromatic heterocycles. The van der Waals surface area contributed by atoms with E-state index in [2.05, 4.69) is 0 Å². The molecule has 0 heterocycles. The molecule has 0 saturated heterocycles. The predicted molar refractivity (Wildman–Crippen MR) is 111 cm³/mol. The fraction of sp³-hybridized carbons (Fsp3) is 0. The summed E-state index contributed by atoms with van der Waals surface area (Å²) in [5, 5.41) is 20.0. The Labute approximate surface area is 180 Å². The van der Waals surface area contributed by atoms with Gasteiger partial charge < -0.3 is 10.2 Å². The van der Waals surface area contributed by atoms with Gasteiger partial charge in [0.1, 0.15) is 4.91 Å². The number of hydrogen-bond acceptors (Lipinski definition) is 8. The van der Waals surface area contributed by atoms with E-state index in [0.717, 1.165) is 36.4 Å². The van der Waals surface area contributed by atoms with Crippen LogP contribution in [0.1, 0.15) is 15.9 Å². The van der Waals surface area contributed by atoms with Crippen molar-refractivity contribution in [3.8, 4) is 22.6 Å². The Hall–Kier alpha value is -3.58. The summed E-state index contributed by atoms with van der Waals surface area (Å²) in [5.74, 6) is -3.23. The normalized spacial score (nSPS) is 14.4. The van der Waals surface area contributed by atoms with Crippen LogP contribution in [0.3, 0.4) is 0 Å². The zero-order chi connectivity index (χ0) is 23.6. The lowest BCUT2D eigenvalue weighted by molar-refractivity contribution is -0.111. The van der Waals surface area contributed by atoms with Gasteiger partial charge in [-0.05, 0) is 58.3 Å². The van der Waals surface area contributed by atoms with Crippen LogP contribution < -0.4 is 0 Å². The molecule has 12 heteroatoms. The fourth-order valence-electron chi connectivity index (χ4n) is 3.47. The molecular weight excluding hydrogens is 464 g/mol. The molecule has 0 aliphatic heterocycles. The number of hydrogen-bond donors (Lipinski definition) is 4. The number of phenols is 2. The van der Waals surface area contributed by atoms with Crippen molar-refractivity contribution in [3.05, 3.63) is 59.7 Å². The molecule has 4 N–H and O–H groups in total. The van der Waals surface area contributed by atoms with E-state index in [1.807, 2.05) is 0 Å². The van der Waals surface area contributed by atoms with Crippen molar-refractivity contribution in [1.82, 2.24) is 0 Å². The Morgan fingerprint density at radius 3 is 1.97 bits per heavy atom. The topological polar surface area (TPSA) is 183 Å². The van der Waals surface area contributed by atoms with E-state index in [-0.39, 0.29) is 33.0 Å². The average molecular weight is 476 g/mol. The number of allylic oxidation sites excluding steroid dienone is 1. The first-order valence-electron chi connectivity index (χ1n) is 8.67. The van der Waals surface area contributed by atoms with E-state index in [1.165, 1.54) is 6.07 Å². The molecule has 0 atom stereocenters. The molecule has 0 unspecified atom stereocenters. The molecule has 164 valence electrons. The molecule has 32 heavy (non-hydrogen) atoms. The van der Waals surface area contributed by atoms with E-state index in [0.29, 0.717) is 6.08 Å². The first kappa shape index (κ1) is 21.6. The molecule has 3 aromatic carbocycles. The summed E-state index contributed by atoms with van der Waals surface area (Å²) in [6.07, 6.45) is 0.486. The summed E-state index contributed by atoms with van der Waals surface area (Å²) in [4.78, 5) is 22.6. The summed E-state index contributed by atoms with van der Waals surface area (Å²) in [7, 11) is -9.61. The fourth-order valence-corrected chi connectivity index (χ4v) is 4.72. The van der Waals surface area contributed by atoms with Gasteiger partial charge >= 0.3 is 0 Å². The summed E-state index contributed by atoms with van der Waals surface area (Å²) in [6.45, 7) is 0. The minimum Gasteiger partial charge on any atom is -0.504 e. The minimum absolute atomic E-state index is 0.0762. The van der Waals surface area contributed by atoms with Gasteiger partial charge in [0.2, 0.25) is 11.6 Å². The molecule has 4 rings (SSSR count). The Kier molecular flexibility index (Phi) is 4.71. The Balaban J connectivity index is 2.09. The maximum Gasteiger partial charge on any atom is 0.295 e. The number of benzene rings is 3. The third-order valence-corrected chi connectivity index (χ3v) is 6.65. The van der Waals surface area contributed by atoms with E-state index < -0.39 is 53.1 Å². The molecule has 3 aromatic rings. The van der Waals surface area contributed by atoms with Crippen molar-refractivity contribution in [2.24, 2.45) is 0 Å². The van der Waals surface area contributed by atoms with Crippen LogP contribution in [0.5, 0.6) is 11.5 Å². The number of carbonyl (C=O) groups excluding carboxylic acids is 2. The number of rotatable bonds is 3. The predicted octanol–water partition coefficient (Wildman–Crippen LogP) is 2.16. The molecule has 1 aliphatic carbocycles. The van der Waals surface area contributed by atoms with Gasteiger partial charge in [0.15, 0.2) is 11.5 Å². The zero-order valence-electron chi connectivity index (χ0n) is 15.7. The van der Waals surface area contributed by atoms with Crippen LogP contribution in [0.15, 0.2) is 53.4 Å². The molecule has 1 aliphatic rings. The van der Waals surface area contributed by atoms with Crippen molar-refractivity contribution >= 4 is 47.5 Å². The minimum atomic E-state index is -4.90. The first-order valence-corrected chi connectivity index (χ1v) is 11.6. The van der Waals surface area contributed by atoms with E-state index in [9.17, 15) is 45.7 Å². The van der Waals surface area contributed by atoms with Crippen LogP contribution in [0.25, 0.3) is 26.8 Å². The van der Waals surface area contributed by atoms with Crippen LogP contribution in [0, 0.1) is 0 Å². The number of carbonyl (C=O) groups is 2. The molecule has 0 fully saturated rings. The molecule has 10 nitrogen and oxygen atoms in total. The lowest BCUT2D eigenvalue weighted by Crippen LogP contribution is -2.21. The summed E-state index contributed by atoms with van der Waals surface area (Å²) < 4.78 is 66.1. The number of aromatic hydroxyl groups is 2. The smallest absolute Gasteiger partial charge is 0.295 e. The van der Waals surface area contributed by atoms with Gasteiger partial charge in [-0.25, -0.2) is 0 Å². The second-order valence-electron chi connectivity index (χ2n) is 6.95. The van der Waals surface area contributed by atoms with Crippen LogP contribution in [0.4, 0.5) is 0 Å². The quantitative estimate of drug-likeness (QED) is 0.248. The molecular formula is C20H12O10S2. The van der Waals surface area contributed by atoms with Gasteiger partial charge in [-0.1, -0.05) is 6.07 Å². The third kappa shape index (κ3) is 3.54. The highest BCUT2D eigenvalue weighted by atomic mass is 32.2. The van der Waals surface area contributed by atoms with E-state index >= 15 is 0 Å². The summed E-state index contributed by atoms with van der Waals surface area (Å²) in [6, 6.07) is 7.86. The van der Waals surface area contributed by atoms with Crippen molar-refractivity contribution in [2.75, 3.05) is 0 Å². The SMILES string of the molecule is O=C1C=C(S(=O)(=O)O)c2cc(-c3cc(S(=O)(=O)O)cc4cc(O)c(O)cc34)ccc2C1=O. The van der Waals surface area contributed by atoms with Crippen molar-refractivity contribution < 1.29 is 45.7 Å². The average Bonchev–Trinajstić information content (AvgIpc) is 2.69. The lowest BCUT2D eigenvalue weighted by Gasteiger charge is -2.17. The molecule has 0 saturated carbocycles. The number of phenolic OH excluding ortho intramolecular Hbond substituents is 2. The van der Waals surface area contributed by atoms with E-state index in [1.54, 1.807) is 0 Å². The maximum atomic E-state index is 12.2. The van der Waals surface area contributed by atoms with Gasteiger partial charge in [0, 0.05) is 17.2 Å². The van der Waals surface area contributed by atoms with Crippen molar-refractivity contribution in [2.45, 2.75) is 4.90 Å². The maximum absolute atomic E-state index is 12.2. The number of Topliss-reactive ketones (excluding diaryl/α,β-unsaturated/α-hetero) is 1. The second kappa shape index (κ2) is 6.97. The highest BCUT2D eigenvalue weighted by molar-refractivity contribution is 7.95. The third-order valence-electron chi connectivity index (χ3n) is 4.92. The molecule has 0 amide bonds. The van der Waals surface area contributed by atoms with Crippen LogP contribution in [-0.2, 0) is 25.0 Å². The highest BCUT2D eigenvalue weighted by Gasteiger charge is 2.32. The van der Waals surface area contributed by atoms with Crippen molar-refractivity contribution in [1.29, 1.82) is 0 Å². The van der Waals surface area contributed by atoms with Crippen LogP contribution in [0.2, 0.25) is 0 Å². The second-order valence-corrected chi connectivity index (χ2v) is 9.76. The van der Waals surface area contributed by atoms with E-state index in [4.69, 9.17) is 0 Å². The van der Waals surface area contributed by atoms with Gasteiger partial charge in [-0.15, -0.1) is 0 Å². The summed E-state index contributed by atoms with van der Waals surface area (Å²) >= 11 is 0. The number of fused-ring (bicyclic) bond motifs is 2. The monoisotopic (exact) mass is 476 g/mol. The molecule has 0 bridgehead atoms. The first-order chi connectivity index (χ1) is 14.8. The van der Waals surface area contributed by atoms with Crippen LogP contribution >= 0.6 is 0 Å². The van der Waals surface area contributed by atoms with Gasteiger partial charge in [-0.3, -0.25) is 18.7 Å². The highest BCUT2D eigenvalue weighted by Crippen LogP contribution is 2.40. The lowest BCUT2D eigenvalue weighted by atomic mass is 9.90. The number of ketones is 2. The van der Waals surface area contributed by atoms with Gasteiger partial charge in [-0.2, -0.15) is 16.8 Å². The Bertz CT molecular complexity index is 1610. The standard InChI is InChI=1S/C20H12O10S2/c21-16-5-10-3-11(31(25,26)27)6-13(14(10)7-17(16)22)9-1-2-12-15(4-9)19(32(28,29)30)8-18(23)20(12)24/h1-8,21-22H,(H,25,26,27)(H,28,29,30). The van der Waals surface area contributed by atoms with Gasteiger partial charge in [0.05, 0.1) is 4.90 Å². The van der Waals surface area contributed by atoms with Gasteiger partial charge in [0.25, 0.3) is 20.2 Å². The summed E-state index contributed by atoms with van der Waals surface area (Å²) in [5.41, 5.74) is -0.374. The van der Waals surface area contributed by atoms with Crippen molar-refractivity contribution in [3.63, 3.8) is 0 Å². The molecule has 0 radical (unpaired) electrons. The Morgan fingerprint density at radius 1 is 0.688 bits per heavy atom. The largest absolute Gasteiger partial charge is 0.504 e. The van der Waals surface area contributed by atoms with Crippen LogP contribution in [-0.4, -0.2) is 47.7 Å². The molecule has 0 spiro atoms. The zero-order valence-corrected chi connectivity index (χ0v) is 17.3.